The van der Waals surface area contributed by atoms with E-state index in [1.165, 1.54) is 0 Å². The maximum atomic E-state index is 12.4. The number of H-pyrrole nitrogens is 2. The second-order valence-corrected chi connectivity index (χ2v) is 3.94. The van der Waals surface area contributed by atoms with E-state index in [-0.39, 0.29) is 17.5 Å². The fourth-order valence-electron chi connectivity index (χ4n) is 1.40. The molecule has 0 saturated carbocycles. The molecule has 1 unspecified atom stereocenters. The summed E-state index contributed by atoms with van der Waals surface area (Å²) in [6.07, 6.45) is -4.59. The molecule has 1 amide bonds. The number of anilines is 1. The van der Waals surface area contributed by atoms with Crippen LogP contribution in [0, 0.1) is 0 Å². The lowest BCUT2D eigenvalue weighted by Crippen LogP contribution is -2.27. The summed E-state index contributed by atoms with van der Waals surface area (Å²) in [6, 6.07) is 0.00917. The van der Waals surface area contributed by atoms with Crippen LogP contribution in [-0.2, 0) is 6.18 Å². The number of nitrogens with one attached hydrogen (secondary N) is 3. The molecule has 0 saturated heterocycles. The smallest absolute Gasteiger partial charge is 0.367 e. The summed E-state index contributed by atoms with van der Waals surface area (Å²) in [4.78, 5) is 15.5. The normalized spacial score (nSPS) is 13.2. The third kappa shape index (κ3) is 2.87. The fraction of sp³-hybridized carbons (Fsp3) is 0.333. The van der Waals surface area contributed by atoms with Gasteiger partial charge in [0.05, 0.1) is 6.04 Å². The second-order valence-electron chi connectivity index (χ2n) is 3.94. The maximum Gasteiger partial charge on any atom is 0.432 e. The lowest BCUT2D eigenvalue weighted by Gasteiger charge is -2.09. The van der Waals surface area contributed by atoms with Crippen molar-refractivity contribution in [2.75, 3.05) is 5.73 Å². The van der Waals surface area contributed by atoms with Crippen LogP contribution >= 0.6 is 0 Å². The number of nitrogen functional groups attached to an aromatic ring is 1. The largest absolute Gasteiger partial charge is 0.432 e. The zero-order chi connectivity index (χ0) is 14.9. The molecule has 108 valence electrons. The molecule has 0 aliphatic rings. The van der Waals surface area contributed by atoms with Crippen molar-refractivity contribution < 1.29 is 18.0 Å². The first-order valence-electron chi connectivity index (χ1n) is 5.38. The highest BCUT2D eigenvalue weighted by Gasteiger charge is 2.34. The van der Waals surface area contributed by atoms with Crippen LogP contribution in [0.1, 0.15) is 35.0 Å². The van der Waals surface area contributed by atoms with Crippen molar-refractivity contribution in [1.82, 2.24) is 30.7 Å². The van der Waals surface area contributed by atoms with Gasteiger partial charge in [-0.3, -0.25) is 15.0 Å². The highest BCUT2D eigenvalue weighted by atomic mass is 19.4. The third-order valence-electron chi connectivity index (χ3n) is 2.39. The number of nitrogens with two attached hydrogens (primary N) is 1. The van der Waals surface area contributed by atoms with E-state index < -0.39 is 23.8 Å². The van der Waals surface area contributed by atoms with Gasteiger partial charge in [0.1, 0.15) is 11.5 Å². The van der Waals surface area contributed by atoms with Gasteiger partial charge < -0.3 is 11.1 Å². The van der Waals surface area contributed by atoms with Crippen molar-refractivity contribution in [2.24, 2.45) is 0 Å². The Labute approximate surface area is 110 Å². The SMILES string of the molecule is CC(NC(=O)c1cc(C(F)(F)F)[nH]n1)c1nc(N)n[nH]1. The van der Waals surface area contributed by atoms with E-state index in [2.05, 4.69) is 25.6 Å². The summed E-state index contributed by atoms with van der Waals surface area (Å²) in [6.45, 7) is 1.56. The standard InChI is InChI=1S/C9H10F3N7O/c1-3(6-15-8(13)19-18-6)14-7(20)4-2-5(17-16-4)9(10,11)12/h2-3H,1H3,(H,14,20)(H,16,17)(H3,13,15,18,19). The van der Waals surface area contributed by atoms with Gasteiger partial charge in [0.25, 0.3) is 5.91 Å². The number of carbonyl (C=O) groups excluding carboxylic acids is 1. The molecule has 0 radical (unpaired) electrons. The molecular weight excluding hydrogens is 279 g/mol. The fourth-order valence-corrected chi connectivity index (χ4v) is 1.40. The van der Waals surface area contributed by atoms with E-state index in [0.717, 1.165) is 0 Å². The lowest BCUT2D eigenvalue weighted by molar-refractivity contribution is -0.141. The number of amides is 1. The van der Waals surface area contributed by atoms with Crippen LogP contribution in [0.25, 0.3) is 0 Å². The van der Waals surface area contributed by atoms with Crippen LogP contribution in [0.4, 0.5) is 19.1 Å². The summed E-state index contributed by atoms with van der Waals surface area (Å²) in [5.41, 5.74) is 3.82. The minimum atomic E-state index is -4.59. The molecule has 0 aliphatic carbocycles. The van der Waals surface area contributed by atoms with Crippen molar-refractivity contribution in [3.8, 4) is 0 Å². The average molecular weight is 289 g/mol. The average Bonchev–Trinajstić information content (AvgIpc) is 2.95. The minimum absolute atomic E-state index is 0.000209. The molecule has 0 bridgehead atoms. The Morgan fingerprint density at radius 1 is 1.40 bits per heavy atom. The summed E-state index contributed by atoms with van der Waals surface area (Å²) < 4.78 is 37.1. The maximum absolute atomic E-state index is 12.4. The van der Waals surface area contributed by atoms with Gasteiger partial charge >= 0.3 is 6.18 Å². The van der Waals surface area contributed by atoms with Crippen LogP contribution in [0.5, 0.6) is 0 Å². The predicted octanol–water partition coefficient (Wildman–Crippen LogP) is 0.620. The quantitative estimate of drug-likeness (QED) is 0.659. The van der Waals surface area contributed by atoms with Crippen LogP contribution in [0.2, 0.25) is 0 Å². The molecule has 20 heavy (non-hydrogen) atoms. The highest BCUT2D eigenvalue weighted by molar-refractivity contribution is 5.92. The first-order chi connectivity index (χ1) is 9.27. The van der Waals surface area contributed by atoms with Gasteiger partial charge in [-0.25, -0.2) is 0 Å². The summed E-state index contributed by atoms with van der Waals surface area (Å²) in [5, 5.41) is 13.5. The number of hydrogen-bond donors (Lipinski definition) is 4. The summed E-state index contributed by atoms with van der Waals surface area (Å²) in [5.74, 6) is -0.498. The summed E-state index contributed by atoms with van der Waals surface area (Å²) in [7, 11) is 0. The van der Waals surface area contributed by atoms with Crippen molar-refractivity contribution in [1.29, 1.82) is 0 Å². The van der Waals surface area contributed by atoms with Crippen LogP contribution < -0.4 is 11.1 Å². The Bertz CT molecular complexity index is 617. The van der Waals surface area contributed by atoms with Crippen molar-refractivity contribution in [3.63, 3.8) is 0 Å². The number of alkyl halides is 3. The van der Waals surface area contributed by atoms with E-state index in [4.69, 9.17) is 5.73 Å². The molecule has 2 heterocycles. The Kier molecular flexibility index (Phi) is 3.34. The number of aromatic amines is 2. The van der Waals surface area contributed by atoms with E-state index in [1.807, 2.05) is 0 Å². The van der Waals surface area contributed by atoms with Gasteiger partial charge in [-0.1, -0.05) is 0 Å². The first-order valence-corrected chi connectivity index (χ1v) is 5.38. The van der Waals surface area contributed by atoms with Gasteiger partial charge in [-0.15, -0.1) is 5.10 Å². The molecule has 11 heteroatoms. The van der Waals surface area contributed by atoms with Crippen molar-refractivity contribution >= 4 is 11.9 Å². The topological polar surface area (TPSA) is 125 Å². The molecule has 2 rings (SSSR count). The molecule has 5 N–H and O–H groups in total. The van der Waals surface area contributed by atoms with Gasteiger partial charge in [-0.05, 0) is 6.92 Å². The Morgan fingerprint density at radius 2 is 2.10 bits per heavy atom. The van der Waals surface area contributed by atoms with Crippen LogP contribution in [0.15, 0.2) is 6.07 Å². The minimum Gasteiger partial charge on any atom is -0.367 e. The van der Waals surface area contributed by atoms with Crippen LogP contribution in [0.3, 0.4) is 0 Å². The van der Waals surface area contributed by atoms with E-state index in [9.17, 15) is 18.0 Å². The number of carbonyl (C=O) groups is 1. The molecule has 2 aromatic heterocycles. The zero-order valence-corrected chi connectivity index (χ0v) is 10.1. The molecular formula is C9H10F3N7O. The number of rotatable bonds is 3. The Hall–Kier alpha value is -2.59. The lowest BCUT2D eigenvalue weighted by atomic mass is 10.3. The van der Waals surface area contributed by atoms with Gasteiger partial charge in [0, 0.05) is 6.07 Å². The Morgan fingerprint density at radius 3 is 2.60 bits per heavy atom. The predicted molar refractivity (Wildman–Crippen MR) is 60.3 cm³/mol. The summed E-state index contributed by atoms with van der Waals surface area (Å²) >= 11 is 0. The molecule has 0 aromatic carbocycles. The molecule has 0 fully saturated rings. The zero-order valence-electron chi connectivity index (χ0n) is 10.1. The first kappa shape index (κ1) is 13.8. The highest BCUT2D eigenvalue weighted by Crippen LogP contribution is 2.27. The van der Waals surface area contributed by atoms with Gasteiger partial charge in [-0.2, -0.15) is 23.3 Å². The van der Waals surface area contributed by atoms with Crippen molar-refractivity contribution in [2.45, 2.75) is 19.1 Å². The van der Waals surface area contributed by atoms with Gasteiger partial charge in [0.2, 0.25) is 5.95 Å². The molecule has 0 spiro atoms. The molecule has 1 atom stereocenters. The second kappa shape index (κ2) is 4.83. The van der Waals surface area contributed by atoms with Gasteiger partial charge in [0.15, 0.2) is 5.69 Å². The molecule has 0 aliphatic heterocycles. The third-order valence-corrected chi connectivity index (χ3v) is 2.39. The molecule has 2 aromatic rings. The number of hydrogen-bond acceptors (Lipinski definition) is 5. The van der Waals surface area contributed by atoms with E-state index >= 15 is 0 Å². The van der Waals surface area contributed by atoms with E-state index in [0.29, 0.717) is 6.07 Å². The number of nitrogens with zero attached hydrogens (tertiary/aromatic N) is 3. The van der Waals surface area contributed by atoms with Crippen LogP contribution in [-0.4, -0.2) is 31.3 Å². The van der Waals surface area contributed by atoms with Crippen molar-refractivity contribution in [3.05, 3.63) is 23.3 Å². The Balaban J connectivity index is 2.07. The number of halogens is 3. The monoisotopic (exact) mass is 289 g/mol. The number of aromatic nitrogens is 5. The van der Waals surface area contributed by atoms with E-state index in [1.54, 1.807) is 12.0 Å². The molecule has 8 nitrogen and oxygen atoms in total.